The summed E-state index contributed by atoms with van der Waals surface area (Å²) in [5.74, 6) is 0.289. The van der Waals surface area contributed by atoms with Gasteiger partial charge in [0.15, 0.2) is 0 Å². The first-order chi connectivity index (χ1) is 21.9. The van der Waals surface area contributed by atoms with Crippen molar-refractivity contribution in [3.8, 4) is 0 Å². The number of rotatable bonds is 7. The SMILES string of the molecule is CC(C)(CC(=O)O[C@H]1CC[C@@]2(C)C(CC[C@]3(C)C2CC[C@@H]2[C@H]4CCC[C@]4(CC(=O)Nc4ccccc4F)CC[C@]23C)C1(C)C)C(=O)O. The number of halogens is 1. The first-order valence-corrected chi connectivity index (χ1v) is 18.4. The highest BCUT2D eigenvalue weighted by Gasteiger charge is 2.70. The maximum atomic E-state index is 14.4. The fourth-order valence-corrected chi connectivity index (χ4v) is 12.9. The number of ether oxygens (including phenoxy) is 1. The zero-order valence-electron chi connectivity index (χ0n) is 29.8. The van der Waals surface area contributed by atoms with E-state index in [4.69, 9.17) is 4.74 Å². The van der Waals surface area contributed by atoms with E-state index < -0.39 is 17.4 Å². The molecule has 260 valence electrons. The van der Waals surface area contributed by atoms with Crippen LogP contribution >= 0.6 is 0 Å². The Morgan fingerprint density at radius 3 is 2.30 bits per heavy atom. The average Bonchev–Trinajstić information content (AvgIpc) is 3.39. The summed E-state index contributed by atoms with van der Waals surface area (Å²) < 4.78 is 20.5. The summed E-state index contributed by atoms with van der Waals surface area (Å²) >= 11 is 0. The first-order valence-electron chi connectivity index (χ1n) is 18.4. The molecule has 0 heterocycles. The third kappa shape index (κ3) is 5.35. The zero-order chi connectivity index (χ0) is 34.2. The number of carbonyl (C=O) groups is 3. The summed E-state index contributed by atoms with van der Waals surface area (Å²) in [5.41, 5.74) is -0.546. The highest BCUT2D eigenvalue weighted by Crippen LogP contribution is 2.77. The number of anilines is 1. The van der Waals surface area contributed by atoms with Crippen molar-refractivity contribution in [2.75, 3.05) is 5.32 Å². The summed E-state index contributed by atoms with van der Waals surface area (Å²) in [7, 11) is 0. The number of aliphatic carboxylic acids is 1. The van der Waals surface area contributed by atoms with Crippen LogP contribution in [0, 0.1) is 62.0 Å². The lowest BCUT2D eigenvalue weighted by Gasteiger charge is -2.72. The second-order valence-corrected chi connectivity index (χ2v) is 18.4. The van der Waals surface area contributed by atoms with E-state index in [1.54, 1.807) is 32.0 Å². The number of carboxylic acids is 1. The van der Waals surface area contributed by atoms with Gasteiger partial charge in [0.05, 0.1) is 17.5 Å². The minimum absolute atomic E-state index is 0.00293. The van der Waals surface area contributed by atoms with Gasteiger partial charge in [0.2, 0.25) is 5.91 Å². The van der Waals surface area contributed by atoms with Crippen LogP contribution in [0.4, 0.5) is 10.1 Å². The van der Waals surface area contributed by atoms with Crippen molar-refractivity contribution in [2.24, 2.45) is 56.2 Å². The van der Waals surface area contributed by atoms with Crippen LogP contribution in [0.1, 0.15) is 132 Å². The monoisotopic (exact) mass is 651 g/mol. The van der Waals surface area contributed by atoms with Gasteiger partial charge in [0.25, 0.3) is 0 Å². The molecule has 2 unspecified atom stereocenters. The predicted molar refractivity (Wildman–Crippen MR) is 181 cm³/mol. The second-order valence-electron chi connectivity index (χ2n) is 18.4. The molecule has 6 nitrogen and oxygen atoms in total. The van der Waals surface area contributed by atoms with Crippen LogP contribution in [0.25, 0.3) is 0 Å². The largest absolute Gasteiger partial charge is 0.481 e. The Bertz CT molecular complexity index is 1420. The first kappa shape index (κ1) is 34.4. The number of hydrogen-bond donors (Lipinski definition) is 2. The molecule has 9 atom stereocenters. The highest BCUT2D eigenvalue weighted by molar-refractivity contribution is 5.91. The third-order valence-electron chi connectivity index (χ3n) is 15.6. The van der Waals surface area contributed by atoms with E-state index in [2.05, 4.69) is 39.9 Å². The molecule has 1 aromatic carbocycles. The number of para-hydroxylation sites is 1. The molecule has 47 heavy (non-hydrogen) atoms. The van der Waals surface area contributed by atoms with E-state index in [1.807, 2.05) is 0 Å². The summed E-state index contributed by atoms with van der Waals surface area (Å²) in [6, 6.07) is 6.46. The van der Waals surface area contributed by atoms with Gasteiger partial charge >= 0.3 is 11.9 Å². The molecule has 0 spiro atoms. The molecule has 6 rings (SSSR count). The average molecular weight is 652 g/mol. The number of hydrogen-bond acceptors (Lipinski definition) is 4. The van der Waals surface area contributed by atoms with E-state index in [1.165, 1.54) is 31.7 Å². The Balaban J connectivity index is 1.20. The van der Waals surface area contributed by atoms with E-state index in [0.717, 1.165) is 44.9 Å². The van der Waals surface area contributed by atoms with Gasteiger partial charge in [-0.2, -0.15) is 0 Å². The predicted octanol–water partition coefficient (Wildman–Crippen LogP) is 9.42. The van der Waals surface area contributed by atoms with Gasteiger partial charge < -0.3 is 15.2 Å². The quantitative estimate of drug-likeness (QED) is 0.287. The second kappa shape index (κ2) is 11.6. The van der Waals surface area contributed by atoms with Crippen LogP contribution in [-0.2, 0) is 19.1 Å². The molecule has 5 saturated carbocycles. The lowest BCUT2D eigenvalue weighted by atomic mass is 9.32. The summed E-state index contributed by atoms with van der Waals surface area (Å²) in [6.45, 7) is 15.5. The van der Waals surface area contributed by atoms with E-state index in [9.17, 15) is 23.9 Å². The minimum atomic E-state index is -1.15. The molecule has 1 amide bonds. The van der Waals surface area contributed by atoms with Crippen molar-refractivity contribution in [3.05, 3.63) is 30.1 Å². The highest BCUT2D eigenvalue weighted by atomic mass is 19.1. The maximum Gasteiger partial charge on any atom is 0.309 e. The van der Waals surface area contributed by atoms with Gasteiger partial charge in [0.1, 0.15) is 11.9 Å². The minimum Gasteiger partial charge on any atom is -0.481 e. The third-order valence-corrected chi connectivity index (χ3v) is 15.6. The van der Waals surface area contributed by atoms with E-state index in [-0.39, 0.29) is 57.0 Å². The van der Waals surface area contributed by atoms with Crippen molar-refractivity contribution in [1.82, 2.24) is 0 Å². The van der Waals surface area contributed by atoms with Gasteiger partial charge in [-0.1, -0.05) is 53.2 Å². The lowest BCUT2D eigenvalue weighted by Crippen LogP contribution is -2.66. The number of benzene rings is 1. The molecule has 0 bridgehead atoms. The maximum absolute atomic E-state index is 14.4. The Hall–Kier alpha value is -2.44. The molecule has 0 radical (unpaired) electrons. The van der Waals surface area contributed by atoms with Crippen molar-refractivity contribution in [1.29, 1.82) is 0 Å². The smallest absolute Gasteiger partial charge is 0.309 e. The molecule has 5 fully saturated rings. The lowest BCUT2D eigenvalue weighted by molar-refractivity contribution is -0.248. The fourth-order valence-electron chi connectivity index (χ4n) is 12.9. The summed E-state index contributed by atoms with van der Waals surface area (Å²) in [6.07, 6.45) is 12.3. The summed E-state index contributed by atoms with van der Waals surface area (Å²) in [4.78, 5) is 38.1. The van der Waals surface area contributed by atoms with Crippen molar-refractivity contribution < 1.29 is 28.6 Å². The molecule has 0 saturated heterocycles. The van der Waals surface area contributed by atoms with Gasteiger partial charge in [-0.15, -0.1) is 0 Å². The Labute approximate surface area is 281 Å². The molecule has 2 N–H and O–H groups in total. The van der Waals surface area contributed by atoms with Crippen LogP contribution in [0.3, 0.4) is 0 Å². The zero-order valence-corrected chi connectivity index (χ0v) is 29.8. The number of carboxylic acid groups (broad SMARTS) is 1. The van der Waals surface area contributed by atoms with Gasteiger partial charge in [0, 0.05) is 11.8 Å². The number of fused-ring (bicyclic) bond motifs is 7. The van der Waals surface area contributed by atoms with Crippen LogP contribution < -0.4 is 5.32 Å². The Morgan fingerprint density at radius 2 is 1.60 bits per heavy atom. The van der Waals surface area contributed by atoms with E-state index >= 15 is 0 Å². The molecule has 5 aliphatic carbocycles. The number of carbonyl (C=O) groups excluding carboxylic acids is 2. The van der Waals surface area contributed by atoms with Crippen molar-refractivity contribution in [3.63, 3.8) is 0 Å². The van der Waals surface area contributed by atoms with Crippen LogP contribution in [0.15, 0.2) is 24.3 Å². The molecular weight excluding hydrogens is 593 g/mol. The van der Waals surface area contributed by atoms with Crippen LogP contribution in [0.5, 0.6) is 0 Å². The number of amides is 1. The van der Waals surface area contributed by atoms with Crippen molar-refractivity contribution >= 4 is 23.5 Å². The van der Waals surface area contributed by atoms with Crippen LogP contribution in [-0.4, -0.2) is 29.1 Å². The molecule has 0 aliphatic heterocycles. The normalized spacial score (nSPS) is 40.6. The molecule has 7 heteroatoms. The number of nitrogens with one attached hydrogen (secondary N) is 1. The molecule has 0 aromatic heterocycles. The van der Waals surface area contributed by atoms with E-state index in [0.29, 0.717) is 30.1 Å². The Kier molecular flexibility index (Phi) is 8.48. The fraction of sp³-hybridized carbons (Fsp3) is 0.775. The standard InChI is InChI=1S/C40H58FNO5/c1-35(2,34(45)46)24-33(44)47-31-17-19-37(5)29(36(31,3)4)16-20-39(7)30(37)15-14-25-26-11-10-18-40(26,22-21-38(25,39)6)23-32(43)42-28-13-9-8-12-27(28)41/h8-9,12-13,25-26,29-31H,10-11,14-24H2,1-7H3,(H,42,43)(H,45,46)/t25-,26-,29?,30?,31+,37+,38-,39-,40-/m1/s1. The molecule has 5 aliphatic rings. The van der Waals surface area contributed by atoms with Crippen molar-refractivity contribution in [2.45, 2.75) is 138 Å². The molecular formula is C40H58FNO5. The summed E-state index contributed by atoms with van der Waals surface area (Å²) in [5, 5.41) is 12.5. The van der Waals surface area contributed by atoms with Crippen LogP contribution in [0.2, 0.25) is 0 Å². The van der Waals surface area contributed by atoms with Gasteiger partial charge in [-0.25, -0.2) is 4.39 Å². The van der Waals surface area contributed by atoms with Gasteiger partial charge in [-0.05, 0) is 136 Å². The molecule has 1 aromatic rings. The number of esters is 1. The van der Waals surface area contributed by atoms with Gasteiger partial charge in [-0.3, -0.25) is 14.4 Å². The topological polar surface area (TPSA) is 92.7 Å². The Morgan fingerprint density at radius 1 is 0.872 bits per heavy atom.